The van der Waals surface area contributed by atoms with Gasteiger partial charge in [-0.1, -0.05) is 26.3 Å². The van der Waals surface area contributed by atoms with Gasteiger partial charge in [0.2, 0.25) is 5.91 Å². The molecule has 18 heavy (non-hydrogen) atoms. The summed E-state index contributed by atoms with van der Waals surface area (Å²) in [6, 6.07) is 4.21. The number of halogens is 1. The average molecular weight is 250 g/mol. The van der Waals surface area contributed by atoms with Crippen LogP contribution in [0.5, 0.6) is 0 Å². The molecule has 1 heterocycles. The monoisotopic (exact) mass is 250 g/mol. The van der Waals surface area contributed by atoms with Gasteiger partial charge >= 0.3 is 0 Å². The Morgan fingerprint density at radius 2 is 2.11 bits per heavy atom. The zero-order chi connectivity index (χ0) is 13.3. The Labute approximate surface area is 107 Å². The topological polar surface area (TPSA) is 46.3 Å². The minimum absolute atomic E-state index is 0.0408. The average Bonchev–Trinajstić information content (AvgIpc) is 2.78. The van der Waals surface area contributed by atoms with Crippen LogP contribution >= 0.6 is 0 Å². The normalized spacial score (nSPS) is 17.4. The van der Waals surface area contributed by atoms with E-state index >= 15 is 0 Å². The van der Waals surface area contributed by atoms with Crippen LogP contribution in [0.15, 0.2) is 18.2 Å². The maximum Gasteiger partial charge on any atom is 0.240 e. The van der Waals surface area contributed by atoms with Crippen LogP contribution in [0.1, 0.15) is 31.4 Å². The van der Waals surface area contributed by atoms with Crippen LogP contribution in [-0.2, 0) is 17.9 Å². The van der Waals surface area contributed by atoms with E-state index in [4.69, 9.17) is 5.73 Å². The van der Waals surface area contributed by atoms with Crippen molar-refractivity contribution >= 4 is 5.91 Å². The zero-order valence-electron chi connectivity index (χ0n) is 10.8. The third-order valence-electron chi connectivity index (χ3n) is 3.74. The molecule has 2 rings (SSSR count). The summed E-state index contributed by atoms with van der Waals surface area (Å²) >= 11 is 0. The number of carbonyl (C=O) groups is 1. The highest BCUT2D eigenvalue weighted by Crippen LogP contribution is 2.24. The van der Waals surface area contributed by atoms with Crippen molar-refractivity contribution in [3.05, 3.63) is 35.1 Å². The van der Waals surface area contributed by atoms with Crippen molar-refractivity contribution in [2.75, 3.05) is 0 Å². The summed E-state index contributed by atoms with van der Waals surface area (Å²) in [5.41, 5.74) is 7.85. The van der Waals surface area contributed by atoms with Gasteiger partial charge in [-0.25, -0.2) is 4.39 Å². The Morgan fingerprint density at radius 1 is 1.44 bits per heavy atom. The first-order valence-corrected chi connectivity index (χ1v) is 6.34. The number of hydrogen-bond acceptors (Lipinski definition) is 2. The van der Waals surface area contributed by atoms with Gasteiger partial charge in [-0.05, 0) is 29.2 Å². The molecule has 1 aliphatic heterocycles. The van der Waals surface area contributed by atoms with Crippen molar-refractivity contribution in [3.63, 3.8) is 0 Å². The molecule has 0 aliphatic carbocycles. The lowest BCUT2D eigenvalue weighted by Crippen LogP contribution is -2.44. The SMILES string of the molecule is CC[C@@H](C)C(N)C(=O)N1Cc2ccc(F)cc2C1. The highest BCUT2D eigenvalue weighted by Gasteiger charge is 2.29. The second kappa shape index (κ2) is 5.06. The summed E-state index contributed by atoms with van der Waals surface area (Å²) in [6.45, 7) is 5.01. The first-order chi connectivity index (χ1) is 8.52. The van der Waals surface area contributed by atoms with Gasteiger partial charge in [-0.3, -0.25) is 4.79 Å². The van der Waals surface area contributed by atoms with Crippen molar-refractivity contribution in [2.24, 2.45) is 11.7 Å². The standard InChI is InChI=1S/C14H19FN2O/c1-3-9(2)13(16)14(18)17-7-10-4-5-12(15)6-11(10)8-17/h4-6,9,13H,3,7-8,16H2,1-2H3/t9-,13?/m1/s1. The number of amides is 1. The predicted molar refractivity (Wildman–Crippen MR) is 68.1 cm³/mol. The van der Waals surface area contributed by atoms with Crippen molar-refractivity contribution in [1.82, 2.24) is 4.90 Å². The predicted octanol–water partition coefficient (Wildman–Crippen LogP) is 2.04. The van der Waals surface area contributed by atoms with Gasteiger partial charge in [-0.15, -0.1) is 0 Å². The molecule has 2 atom stereocenters. The van der Waals surface area contributed by atoms with Gasteiger partial charge in [0.15, 0.2) is 0 Å². The summed E-state index contributed by atoms with van der Waals surface area (Å²) < 4.78 is 13.1. The van der Waals surface area contributed by atoms with Gasteiger partial charge in [0.1, 0.15) is 5.82 Å². The Hall–Kier alpha value is -1.42. The second-order valence-corrected chi connectivity index (χ2v) is 5.02. The molecule has 3 nitrogen and oxygen atoms in total. The first kappa shape index (κ1) is 13.0. The molecule has 0 aromatic heterocycles. The minimum atomic E-state index is -0.464. The molecule has 1 aliphatic rings. The lowest BCUT2D eigenvalue weighted by molar-refractivity contribution is -0.134. The second-order valence-electron chi connectivity index (χ2n) is 5.02. The number of benzene rings is 1. The molecular weight excluding hydrogens is 231 g/mol. The maximum absolute atomic E-state index is 13.1. The summed E-state index contributed by atoms with van der Waals surface area (Å²) in [6.07, 6.45) is 0.877. The van der Waals surface area contributed by atoms with E-state index in [9.17, 15) is 9.18 Å². The molecule has 2 N–H and O–H groups in total. The number of rotatable bonds is 3. The van der Waals surface area contributed by atoms with Crippen molar-refractivity contribution in [2.45, 2.75) is 39.4 Å². The molecule has 0 spiro atoms. The van der Waals surface area contributed by atoms with Gasteiger partial charge < -0.3 is 10.6 Å². The van der Waals surface area contributed by atoms with Crippen molar-refractivity contribution in [1.29, 1.82) is 0 Å². The molecule has 0 fully saturated rings. The zero-order valence-corrected chi connectivity index (χ0v) is 10.8. The molecule has 1 unspecified atom stereocenters. The quantitative estimate of drug-likeness (QED) is 0.892. The summed E-state index contributed by atoms with van der Waals surface area (Å²) in [7, 11) is 0. The lowest BCUT2D eigenvalue weighted by atomic mass is 9.99. The molecule has 1 amide bonds. The number of carbonyl (C=O) groups excluding carboxylic acids is 1. The fourth-order valence-corrected chi connectivity index (χ4v) is 2.23. The van der Waals surface area contributed by atoms with Crippen molar-refractivity contribution in [3.8, 4) is 0 Å². The Kier molecular flexibility index (Phi) is 3.66. The molecule has 4 heteroatoms. The van der Waals surface area contributed by atoms with Gasteiger partial charge in [-0.2, -0.15) is 0 Å². The van der Waals surface area contributed by atoms with E-state index in [1.54, 1.807) is 11.0 Å². The van der Waals surface area contributed by atoms with Crippen LogP contribution in [-0.4, -0.2) is 16.8 Å². The van der Waals surface area contributed by atoms with Crippen LogP contribution in [0.2, 0.25) is 0 Å². The van der Waals surface area contributed by atoms with Crippen LogP contribution in [0.25, 0.3) is 0 Å². The van der Waals surface area contributed by atoms with E-state index in [0.717, 1.165) is 17.5 Å². The van der Waals surface area contributed by atoms with Gasteiger partial charge in [0.25, 0.3) is 0 Å². The largest absolute Gasteiger partial charge is 0.333 e. The van der Waals surface area contributed by atoms with Crippen LogP contribution in [0.4, 0.5) is 4.39 Å². The van der Waals surface area contributed by atoms with Crippen LogP contribution < -0.4 is 5.73 Å². The fourth-order valence-electron chi connectivity index (χ4n) is 2.23. The molecule has 0 saturated carbocycles. The fraction of sp³-hybridized carbons (Fsp3) is 0.500. The highest BCUT2D eigenvalue weighted by atomic mass is 19.1. The third-order valence-corrected chi connectivity index (χ3v) is 3.74. The molecule has 1 aromatic rings. The van der Waals surface area contributed by atoms with Crippen molar-refractivity contribution < 1.29 is 9.18 Å². The molecule has 0 saturated heterocycles. The lowest BCUT2D eigenvalue weighted by Gasteiger charge is -2.23. The molecule has 0 bridgehead atoms. The van der Waals surface area contributed by atoms with Gasteiger partial charge in [0, 0.05) is 13.1 Å². The molecular formula is C14H19FN2O. The number of nitrogens with zero attached hydrogens (tertiary/aromatic N) is 1. The van der Waals surface area contributed by atoms with E-state index < -0.39 is 6.04 Å². The van der Waals surface area contributed by atoms with E-state index in [2.05, 4.69) is 0 Å². The number of fused-ring (bicyclic) bond motifs is 1. The van der Waals surface area contributed by atoms with Crippen LogP contribution in [0, 0.1) is 11.7 Å². The smallest absolute Gasteiger partial charge is 0.240 e. The Bertz CT molecular complexity index is 461. The Morgan fingerprint density at radius 3 is 2.78 bits per heavy atom. The summed E-state index contributed by atoms with van der Waals surface area (Å²) in [5, 5.41) is 0. The van der Waals surface area contributed by atoms with E-state index in [1.807, 2.05) is 13.8 Å². The molecule has 0 radical (unpaired) electrons. The maximum atomic E-state index is 13.1. The van der Waals surface area contributed by atoms with Gasteiger partial charge in [0.05, 0.1) is 6.04 Å². The number of hydrogen-bond donors (Lipinski definition) is 1. The first-order valence-electron chi connectivity index (χ1n) is 6.34. The third kappa shape index (κ3) is 2.38. The van der Waals surface area contributed by atoms with E-state index in [0.29, 0.717) is 13.1 Å². The van der Waals surface area contributed by atoms with E-state index in [1.165, 1.54) is 12.1 Å². The summed E-state index contributed by atoms with van der Waals surface area (Å²) in [5.74, 6) is -0.131. The molecule has 1 aromatic carbocycles. The minimum Gasteiger partial charge on any atom is -0.333 e. The van der Waals surface area contributed by atoms with E-state index in [-0.39, 0.29) is 17.6 Å². The number of nitrogens with two attached hydrogens (primary N) is 1. The highest BCUT2D eigenvalue weighted by molar-refractivity contribution is 5.82. The Balaban J connectivity index is 2.09. The van der Waals surface area contributed by atoms with Crippen LogP contribution in [0.3, 0.4) is 0 Å². The molecule has 98 valence electrons. The summed E-state index contributed by atoms with van der Waals surface area (Å²) in [4.78, 5) is 13.9.